The molecule has 1 unspecified atom stereocenters. The van der Waals surface area contributed by atoms with Crippen molar-refractivity contribution in [2.24, 2.45) is 5.16 Å². The molecule has 3 aliphatic rings. The molecule has 2 aliphatic heterocycles. The SMILES string of the molecule is O=C(NC1CCS(=O)(=O)CC1)c1sc(C2=NOC(c3cc(Cl)c(Cl)c(Cl)c3)(C(F)(F)F)C2)c2c1CCCC2. The van der Waals surface area contributed by atoms with Crippen LogP contribution in [-0.2, 0) is 33.1 Å². The number of nitrogens with zero attached hydrogens (tertiary/aromatic N) is 1. The predicted molar refractivity (Wildman–Crippen MR) is 142 cm³/mol. The van der Waals surface area contributed by atoms with Crippen LogP contribution >= 0.6 is 46.1 Å². The van der Waals surface area contributed by atoms with Crippen molar-refractivity contribution < 1.29 is 31.2 Å². The quantitative estimate of drug-likeness (QED) is 0.393. The zero-order chi connectivity index (χ0) is 27.5. The number of nitrogens with one attached hydrogen (secondary N) is 1. The number of amides is 1. The standard InChI is InChI=1S/C24H22Cl3F3N2O4S2/c25-16-9-12(10-17(26)19(16)27)23(24(28,29)30)11-18(32-36-23)20-14-3-1-2-4-15(14)21(37-20)22(33)31-13-5-7-38(34,35)8-6-13/h9-10,13H,1-8,11H2,(H,31,33). The smallest absolute Gasteiger partial charge is 0.374 e. The van der Waals surface area contributed by atoms with Crippen LogP contribution in [0, 0.1) is 0 Å². The van der Waals surface area contributed by atoms with E-state index in [0.29, 0.717) is 35.4 Å². The number of fused-ring (bicyclic) bond motifs is 1. The highest BCUT2D eigenvalue weighted by Gasteiger charge is 2.63. The lowest BCUT2D eigenvalue weighted by Crippen LogP contribution is -2.42. The van der Waals surface area contributed by atoms with E-state index in [1.165, 1.54) is 0 Å². The van der Waals surface area contributed by atoms with Crippen LogP contribution in [0.15, 0.2) is 17.3 Å². The largest absolute Gasteiger partial charge is 0.435 e. The summed E-state index contributed by atoms with van der Waals surface area (Å²) in [6.07, 6.45) is -1.93. The third-order valence-corrected chi connectivity index (χ3v) is 11.4. The van der Waals surface area contributed by atoms with Crippen LogP contribution in [0.25, 0.3) is 0 Å². The first-order chi connectivity index (χ1) is 17.8. The van der Waals surface area contributed by atoms with Gasteiger partial charge in [0.2, 0.25) is 0 Å². The van der Waals surface area contributed by atoms with Crippen LogP contribution in [0.1, 0.15) is 63.3 Å². The molecule has 1 atom stereocenters. The van der Waals surface area contributed by atoms with Crippen molar-refractivity contribution in [3.8, 4) is 0 Å². The Balaban J connectivity index is 1.47. The molecule has 1 aliphatic carbocycles. The number of hydrogen-bond acceptors (Lipinski definition) is 6. The second-order valence-electron chi connectivity index (χ2n) is 9.71. The van der Waals surface area contributed by atoms with E-state index in [0.717, 1.165) is 47.4 Å². The molecule has 0 radical (unpaired) electrons. The number of carbonyl (C=O) groups excluding carboxylic acids is 1. The summed E-state index contributed by atoms with van der Waals surface area (Å²) < 4.78 is 67.0. The Labute approximate surface area is 236 Å². The highest BCUT2D eigenvalue weighted by molar-refractivity contribution is 7.91. The van der Waals surface area contributed by atoms with E-state index in [1.807, 2.05) is 0 Å². The van der Waals surface area contributed by atoms with Crippen LogP contribution in [0.2, 0.25) is 15.1 Å². The van der Waals surface area contributed by atoms with Crippen LogP contribution in [0.5, 0.6) is 0 Å². The Hall–Kier alpha value is -1.53. The van der Waals surface area contributed by atoms with Gasteiger partial charge in [0.15, 0.2) is 0 Å². The van der Waals surface area contributed by atoms with E-state index < -0.39 is 28.0 Å². The van der Waals surface area contributed by atoms with Gasteiger partial charge in [-0.3, -0.25) is 4.79 Å². The lowest BCUT2D eigenvalue weighted by Gasteiger charge is -2.30. The summed E-state index contributed by atoms with van der Waals surface area (Å²) in [6, 6.07) is 1.88. The number of rotatable bonds is 4. The summed E-state index contributed by atoms with van der Waals surface area (Å²) in [5.41, 5.74) is -1.43. The molecule has 0 bridgehead atoms. The molecule has 2 aromatic rings. The van der Waals surface area contributed by atoms with Gasteiger partial charge in [0.25, 0.3) is 11.5 Å². The van der Waals surface area contributed by atoms with Crippen LogP contribution < -0.4 is 5.32 Å². The minimum Gasteiger partial charge on any atom is -0.374 e. The molecule has 14 heteroatoms. The minimum atomic E-state index is -4.86. The van der Waals surface area contributed by atoms with Gasteiger partial charge in [0.05, 0.1) is 42.7 Å². The fourth-order valence-electron chi connectivity index (χ4n) is 5.15. The molecule has 206 valence electrons. The molecule has 1 aromatic heterocycles. The number of alkyl halides is 3. The minimum absolute atomic E-state index is 0.0120. The monoisotopic (exact) mass is 628 g/mol. The Morgan fingerprint density at radius 2 is 1.68 bits per heavy atom. The molecule has 0 spiro atoms. The third kappa shape index (κ3) is 5.05. The second-order valence-corrected chi connectivity index (χ2v) is 14.2. The Morgan fingerprint density at radius 3 is 2.29 bits per heavy atom. The molecular formula is C24H22Cl3F3N2O4S2. The first-order valence-corrected chi connectivity index (χ1v) is 15.7. The molecule has 5 rings (SSSR count). The van der Waals surface area contributed by atoms with Crippen molar-refractivity contribution in [3.05, 3.63) is 53.6 Å². The number of sulfone groups is 1. The number of oxime groups is 1. The Bertz CT molecular complexity index is 1400. The number of carbonyl (C=O) groups is 1. The van der Waals surface area contributed by atoms with E-state index >= 15 is 0 Å². The molecule has 0 saturated carbocycles. The van der Waals surface area contributed by atoms with Gasteiger partial charge in [-0.1, -0.05) is 40.0 Å². The summed E-state index contributed by atoms with van der Waals surface area (Å²) in [7, 11) is -3.09. The highest BCUT2D eigenvalue weighted by Crippen LogP contribution is 2.51. The summed E-state index contributed by atoms with van der Waals surface area (Å²) in [4.78, 5) is 19.3. The van der Waals surface area contributed by atoms with Gasteiger partial charge < -0.3 is 10.2 Å². The molecule has 3 heterocycles. The fraction of sp³-hybridized carbons (Fsp3) is 0.500. The zero-order valence-corrected chi connectivity index (χ0v) is 23.7. The van der Waals surface area contributed by atoms with Crippen LogP contribution in [-0.4, -0.2) is 43.8 Å². The molecule has 38 heavy (non-hydrogen) atoms. The second kappa shape index (κ2) is 10.1. The maximum Gasteiger partial charge on any atom is 0.435 e. The first kappa shape index (κ1) is 28.0. The average Bonchev–Trinajstić information content (AvgIpc) is 3.46. The zero-order valence-electron chi connectivity index (χ0n) is 19.8. The van der Waals surface area contributed by atoms with E-state index in [-0.39, 0.29) is 49.8 Å². The fourth-order valence-corrected chi connectivity index (χ4v) is 8.52. The predicted octanol–water partition coefficient (Wildman–Crippen LogP) is 6.48. The van der Waals surface area contributed by atoms with Crippen molar-refractivity contribution in [3.63, 3.8) is 0 Å². The molecule has 6 nitrogen and oxygen atoms in total. The molecule has 1 aromatic carbocycles. The van der Waals surface area contributed by atoms with Gasteiger partial charge in [-0.2, -0.15) is 13.2 Å². The summed E-state index contributed by atoms with van der Waals surface area (Å²) in [5, 5.41) is 6.47. The lowest BCUT2D eigenvalue weighted by atomic mass is 9.85. The van der Waals surface area contributed by atoms with Crippen molar-refractivity contribution >= 4 is 67.6 Å². The van der Waals surface area contributed by atoms with E-state index in [1.54, 1.807) is 0 Å². The summed E-state index contributed by atoms with van der Waals surface area (Å²) >= 11 is 19.1. The molecule has 1 amide bonds. The van der Waals surface area contributed by atoms with E-state index in [2.05, 4.69) is 10.5 Å². The van der Waals surface area contributed by atoms with Crippen molar-refractivity contribution in [1.82, 2.24) is 5.32 Å². The average molecular weight is 630 g/mol. The normalized spacial score (nSPS) is 23.5. The number of benzene rings is 1. The highest BCUT2D eigenvalue weighted by atomic mass is 35.5. The van der Waals surface area contributed by atoms with Gasteiger partial charge in [-0.05, 0) is 61.8 Å². The maximum absolute atomic E-state index is 14.5. The van der Waals surface area contributed by atoms with Gasteiger partial charge in [-0.15, -0.1) is 11.3 Å². The van der Waals surface area contributed by atoms with E-state index in [4.69, 9.17) is 39.6 Å². The topological polar surface area (TPSA) is 84.8 Å². The van der Waals surface area contributed by atoms with Crippen molar-refractivity contribution in [1.29, 1.82) is 0 Å². The Kier molecular flexibility index (Phi) is 7.48. The molecule has 1 fully saturated rings. The number of halogens is 6. The third-order valence-electron chi connectivity index (χ3n) is 7.21. The Morgan fingerprint density at radius 1 is 1.08 bits per heavy atom. The van der Waals surface area contributed by atoms with Gasteiger partial charge >= 0.3 is 6.18 Å². The molecule has 1 saturated heterocycles. The molecular weight excluding hydrogens is 608 g/mol. The molecule has 1 N–H and O–H groups in total. The van der Waals surface area contributed by atoms with Gasteiger partial charge in [0, 0.05) is 11.6 Å². The van der Waals surface area contributed by atoms with Crippen LogP contribution in [0.3, 0.4) is 0 Å². The maximum atomic E-state index is 14.5. The van der Waals surface area contributed by atoms with E-state index in [9.17, 15) is 26.4 Å². The summed E-state index contributed by atoms with van der Waals surface area (Å²) in [5.74, 6) is -0.322. The van der Waals surface area contributed by atoms with Crippen molar-refractivity contribution in [2.45, 2.75) is 62.8 Å². The number of hydrogen-bond donors (Lipinski definition) is 1. The van der Waals surface area contributed by atoms with Gasteiger partial charge in [0.1, 0.15) is 15.5 Å². The first-order valence-electron chi connectivity index (χ1n) is 11.9. The van der Waals surface area contributed by atoms with Crippen molar-refractivity contribution in [2.75, 3.05) is 11.5 Å². The summed E-state index contributed by atoms with van der Waals surface area (Å²) in [6.45, 7) is 0. The number of thiophene rings is 1. The van der Waals surface area contributed by atoms with Crippen LogP contribution in [0.4, 0.5) is 13.2 Å². The lowest BCUT2D eigenvalue weighted by molar-refractivity contribution is -0.275. The van der Waals surface area contributed by atoms with Gasteiger partial charge in [-0.25, -0.2) is 8.42 Å².